The van der Waals surface area contributed by atoms with E-state index in [-0.39, 0.29) is 29.7 Å². The van der Waals surface area contributed by atoms with E-state index in [1.165, 1.54) is 0 Å². The second kappa shape index (κ2) is 10.8. The Hall–Kier alpha value is -4.17. The summed E-state index contributed by atoms with van der Waals surface area (Å²) in [6, 6.07) is 22.8. The van der Waals surface area contributed by atoms with E-state index in [1.54, 1.807) is 66.7 Å². The van der Waals surface area contributed by atoms with E-state index < -0.39 is 11.1 Å². The Morgan fingerprint density at radius 2 is 1.71 bits per heavy atom. The molecule has 0 saturated carbocycles. The number of thioether (sulfide) groups is 1. The van der Waals surface area contributed by atoms with Crippen LogP contribution in [0, 0.1) is 6.92 Å². The average Bonchev–Trinajstić information content (AvgIpc) is 3.11. The fourth-order valence-corrected chi connectivity index (χ4v) is 4.21. The van der Waals surface area contributed by atoms with Crippen LogP contribution in [0.25, 0.3) is 6.08 Å². The van der Waals surface area contributed by atoms with Crippen molar-refractivity contribution in [1.82, 2.24) is 4.90 Å². The van der Waals surface area contributed by atoms with Gasteiger partial charge in [-0.1, -0.05) is 54.6 Å². The summed E-state index contributed by atoms with van der Waals surface area (Å²) in [5.74, 6) is -0.596. The van der Waals surface area contributed by atoms with Crippen molar-refractivity contribution in [2.45, 2.75) is 6.92 Å². The third-order valence-corrected chi connectivity index (χ3v) is 6.03. The standard InChI is InChI=1S/C27H22N2O5S/c1-18-6-5-9-21(14-18)28-25(31)17-34-22-12-10-19(11-13-22)15-24-26(32)29(27(33)35-24)16-23(30)20-7-3-2-4-8-20/h2-15H,16-17H2,1H3,(H,28,31)/b24-15+. The maximum absolute atomic E-state index is 12.7. The topological polar surface area (TPSA) is 92.8 Å². The number of nitrogens with one attached hydrogen (secondary N) is 1. The van der Waals surface area contributed by atoms with Gasteiger partial charge in [0.2, 0.25) is 0 Å². The molecule has 1 heterocycles. The summed E-state index contributed by atoms with van der Waals surface area (Å²) in [6.07, 6.45) is 1.59. The van der Waals surface area contributed by atoms with Gasteiger partial charge in [0, 0.05) is 11.3 Å². The SMILES string of the molecule is Cc1cccc(NC(=O)COc2ccc(/C=C3/SC(=O)N(CC(=O)c4ccccc4)C3=O)cc2)c1. The molecule has 3 aromatic rings. The molecule has 1 saturated heterocycles. The van der Waals surface area contributed by atoms with Crippen LogP contribution in [0.1, 0.15) is 21.5 Å². The van der Waals surface area contributed by atoms with E-state index in [0.717, 1.165) is 22.2 Å². The van der Waals surface area contributed by atoms with Crippen LogP contribution in [0.4, 0.5) is 10.5 Å². The van der Waals surface area contributed by atoms with Crippen LogP contribution in [-0.4, -0.2) is 40.9 Å². The van der Waals surface area contributed by atoms with Crippen LogP contribution < -0.4 is 10.1 Å². The van der Waals surface area contributed by atoms with E-state index in [4.69, 9.17) is 4.74 Å². The number of nitrogens with zero attached hydrogens (tertiary/aromatic N) is 1. The molecule has 8 heteroatoms. The number of aryl methyl sites for hydroxylation is 1. The number of anilines is 1. The van der Waals surface area contributed by atoms with Crippen molar-refractivity contribution in [2.24, 2.45) is 0 Å². The summed E-state index contributed by atoms with van der Waals surface area (Å²) < 4.78 is 5.53. The molecular formula is C27H22N2O5S. The van der Waals surface area contributed by atoms with Crippen molar-refractivity contribution in [2.75, 3.05) is 18.5 Å². The number of rotatable bonds is 8. The largest absolute Gasteiger partial charge is 0.484 e. The van der Waals surface area contributed by atoms with Crippen LogP contribution in [0.5, 0.6) is 5.75 Å². The zero-order valence-corrected chi connectivity index (χ0v) is 19.7. The van der Waals surface area contributed by atoms with E-state index in [1.807, 2.05) is 25.1 Å². The van der Waals surface area contributed by atoms with Crippen molar-refractivity contribution >= 4 is 46.4 Å². The summed E-state index contributed by atoms with van der Waals surface area (Å²) in [7, 11) is 0. The minimum Gasteiger partial charge on any atom is -0.484 e. The summed E-state index contributed by atoms with van der Waals surface area (Å²) in [4.78, 5) is 50.7. The molecule has 176 valence electrons. The van der Waals surface area contributed by atoms with Crippen molar-refractivity contribution in [1.29, 1.82) is 0 Å². The highest BCUT2D eigenvalue weighted by Gasteiger charge is 2.36. The van der Waals surface area contributed by atoms with Gasteiger partial charge in [-0.15, -0.1) is 0 Å². The first-order chi connectivity index (χ1) is 16.9. The van der Waals surface area contributed by atoms with E-state index >= 15 is 0 Å². The van der Waals surface area contributed by atoms with E-state index in [9.17, 15) is 19.2 Å². The maximum atomic E-state index is 12.7. The van der Waals surface area contributed by atoms with Gasteiger partial charge < -0.3 is 10.1 Å². The molecule has 1 fully saturated rings. The first-order valence-electron chi connectivity index (χ1n) is 10.8. The molecule has 0 aromatic heterocycles. The van der Waals surface area contributed by atoms with Crippen LogP contribution in [0.2, 0.25) is 0 Å². The highest BCUT2D eigenvalue weighted by molar-refractivity contribution is 8.18. The number of carbonyl (C=O) groups excluding carboxylic acids is 4. The molecule has 0 spiro atoms. The second-order valence-electron chi connectivity index (χ2n) is 7.83. The summed E-state index contributed by atoms with van der Waals surface area (Å²) in [5.41, 5.74) is 2.87. The maximum Gasteiger partial charge on any atom is 0.293 e. The van der Waals surface area contributed by atoms with Crippen LogP contribution >= 0.6 is 11.8 Å². The Morgan fingerprint density at radius 3 is 2.43 bits per heavy atom. The fraction of sp³-hybridized carbons (Fsp3) is 0.111. The first-order valence-corrected chi connectivity index (χ1v) is 11.6. The molecular weight excluding hydrogens is 464 g/mol. The normalized spacial score (nSPS) is 14.3. The Morgan fingerprint density at radius 1 is 0.971 bits per heavy atom. The monoisotopic (exact) mass is 486 g/mol. The Bertz CT molecular complexity index is 1300. The van der Waals surface area contributed by atoms with Crippen molar-refractivity contribution < 1.29 is 23.9 Å². The molecule has 4 rings (SSSR count). The highest BCUT2D eigenvalue weighted by Crippen LogP contribution is 2.32. The predicted octanol–water partition coefficient (Wildman–Crippen LogP) is 4.93. The van der Waals surface area contributed by atoms with Gasteiger partial charge in [0.1, 0.15) is 5.75 Å². The summed E-state index contributed by atoms with van der Waals surface area (Å²) >= 11 is 0.796. The number of benzene rings is 3. The van der Waals surface area contributed by atoms with Gasteiger partial charge in [0.05, 0.1) is 11.4 Å². The van der Waals surface area contributed by atoms with Crippen molar-refractivity contribution in [3.05, 3.63) is 100 Å². The predicted molar refractivity (Wildman–Crippen MR) is 135 cm³/mol. The molecule has 1 aliphatic rings. The third-order valence-electron chi connectivity index (χ3n) is 5.12. The molecule has 0 radical (unpaired) electrons. The lowest BCUT2D eigenvalue weighted by Crippen LogP contribution is -2.33. The molecule has 3 aromatic carbocycles. The molecule has 0 bridgehead atoms. The molecule has 0 atom stereocenters. The average molecular weight is 487 g/mol. The quantitative estimate of drug-likeness (QED) is 0.358. The summed E-state index contributed by atoms with van der Waals surface area (Å²) in [5, 5.41) is 2.29. The van der Waals surface area contributed by atoms with Gasteiger partial charge >= 0.3 is 0 Å². The molecule has 0 aliphatic carbocycles. The number of imide groups is 1. The van der Waals surface area contributed by atoms with Gasteiger partial charge in [-0.3, -0.25) is 24.1 Å². The van der Waals surface area contributed by atoms with E-state index in [2.05, 4.69) is 5.32 Å². The molecule has 35 heavy (non-hydrogen) atoms. The fourth-order valence-electron chi connectivity index (χ4n) is 3.38. The number of ketones is 1. The lowest BCUT2D eigenvalue weighted by molar-refractivity contribution is -0.122. The highest BCUT2D eigenvalue weighted by atomic mass is 32.2. The Kier molecular flexibility index (Phi) is 7.42. The zero-order chi connectivity index (χ0) is 24.8. The number of hydrogen-bond donors (Lipinski definition) is 1. The molecule has 7 nitrogen and oxygen atoms in total. The number of amides is 3. The zero-order valence-electron chi connectivity index (χ0n) is 18.9. The van der Waals surface area contributed by atoms with Crippen molar-refractivity contribution in [3.63, 3.8) is 0 Å². The second-order valence-corrected chi connectivity index (χ2v) is 8.83. The Balaban J connectivity index is 1.33. The molecule has 3 amide bonds. The number of hydrogen-bond acceptors (Lipinski definition) is 6. The summed E-state index contributed by atoms with van der Waals surface area (Å²) in [6.45, 7) is 1.49. The Labute approximate surface area is 206 Å². The third kappa shape index (κ3) is 6.24. The molecule has 1 aliphatic heterocycles. The van der Waals surface area contributed by atoms with E-state index in [0.29, 0.717) is 22.6 Å². The molecule has 1 N–H and O–H groups in total. The van der Waals surface area contributed by atoms with Gasteiger partial charge in [-0.2, -0.15) is 0 Å². The van der Waals surface area contributed by atoms with Gasteiger partial charge in [0.25, 0.3) is 17.1 Å². The number of ether oxygens (including phenoxy) is 1. The van der Waals surface area contributed by atoms with Crippen LogP contribution in [-0.2, 0) is 9.59 Å². The number of carbonyl (C=O) groups is 4. The lowest BCUT2D eigenvalue weighted by atomic mass is 10.1. The van der Waals surface area contributed by atoms with Crippen LogP contribution in [0.3, 0.4) is 0 Å². The minimum atomic E-state index is -0.502. The molecule has 0 unspecified atom stereocenters. The van der Waals surface area contributed by atoms with Gasteiger partial charge in [-0.05, 0) is 60.2 Å². The van der Waals surface area contributed by atoms with Gasteiger partial charge in [-0.25, -0.2) is 0 Å². The number of Topliss-reactive ketones (excluding diaryl/α,β-unsaturated/α-hetero) is 1. The van der Waals surface area contributed by atoms with Crippen molar-refractivity contribution in [3.8, 4) is 5.75 Å². The lowest BCUT2D eigenvalue weighted by Gasteiger charge is -2.11. The minimum absolute atomic E-state index is 0.151. The first kappa shape index (κ1) is 24.0. The van der Waals surface area contributed by atoms with Crippen LogP contribution in [0.15, 0.2) is 83.8 Å². The van der Waals surface area contributed by atoms with Gasteiger partial charge in [0.15, 0.2) is 12.4 Å². The smallest absolute Gasteiger partial charge is 0.293 e.